The highest BCUT2D eigenvalue weighted by atomic mass is 16.1. The summed E-state index contributed by atoms with van der Waals surface area (Å²) < 4.78 is 2.25. The standard InChI is InChI=1S/C23H27NO/c1-3-4-5-6-9-15-24-17-21(20-13-7-8-14-22(20)24)23(25)19-12-10-11-18(2)16-19/h7-8,10-14,16-17H,3-6,9,15H2,1-2H3. The van der Waals surface area contributed by atoms with E-state index >= 15 is 0 Å². The number of carbonyl (C=O) groups excluding carboxylic acids is 1. The Morgan fingerprint density at radius 1 is 0.960 bits per heavy atom. The van der Waals surface area contributed by atoms with Crippen LogP contribution in [0.15, 0.2) is 54.7 Å². The Morgan fingerprint density at radius 3 is 2.56 bits per heavy atom. The van der Waals surface area contributed by atoms with Crippen LogP contribution in [0.4, 0.5) is 0 Å². The van der Waals surface area contributed by atoms with Gasteiger partial charge in [-0.1, -0.05) is 74.6 Å². The molecule has 2 nitrogen and oxygen atoms in total. The number of hydrogen-bond acceptors (Lipinski definition) is 1. The fourth-order valence-electron chi connectivity index (χ4n) is 3.44. The predicted molar refractivity (Wildman–Crippen MR) is 105 cm³/mol. The van der Waals surface area contributed by atoms with Crippen molar-refractivity contribution in [2.75, 3.05) is 0 Å². The van der Waals surface area contributed by atoms with Crippen LogP contribution in [0.1, 0.15) is 60.5 Å². The number of aryl methyl sites for hydroxylation is 2. The fraction of sp³-hybridized carbons (Fsp3) is 0.348. The van der Waals surface area contributed by atoms with Crippen molar-refractivity contribution in [2.24, 2.45) is 0 Å². The number of ketones is 1. The van der Waals surface area contributed by atoms with Crippen molar-refractivity contribution >= 4 is 16.7 Å². The summed E-state index contributed by atoms with van der Waals surface area (Å²) in [7, 11) is 0. The maximum atomic E-state index is 13.0. The van der Waals surface area contributed by atoms with Crippen LogP contribution in [0.5, 0.6) is 0 Å². The Kier molecular flexibility index (Phi) is 5.70. The van der Waals surface area contributed by atoms with Crippen molar-refractivity contribution in [3.05, 3.63) is 71.4 Å². The minimum atomic E-state index is 0.115. The number of hydrogen-bond donors (Lipinski definition) is 0. The number of fused-ring (bicyclic) bond motifs is 1. The molecule has 25 heavy (non-hydrogen) atoms. The van der Waals surface area contributed by atoms with E-state index in [1.165, 1.54) is 25.7 Å². The monoisotopic (exact) mass is 333 g/mol. The van der Waals surface area contributed by atoms with E-state index in [4.69, 9.17) is 0 Å². The Hall–Kier alpha value is -2.35. The average molecular weight is 333 g/mol. The van der Waals surface area contributed by atoms with Crippen LogP contribution in [-0.2, 0) is 6.54 Å². The molecule has 0 aliphatic rings. The van der Waals surface area contributed by atoms with Gasteiger partial charge in [0, 0.05) is 34.8 Å². The molecular weight excluding hydrogens is 306 g/mol. The van der Waals surface area contributed by atoms with Gasteiger partial charge in [-0.2, -0.15) is 0 Å². The highest BCUT2D eigenvalue weighted by Crippen LogP contribution is 2.25. The fourth-order valence-corrected chi connectivity index (χ4v) is 3.44. The second-order valence-corrected chi connectivity index (χ2v) is 6.87. The van der Waals surface area contributed by atoms with Gasteiger partial charge in [0.25, 0.3) is 0 Å². The van der Waals surface area contributed by atoms with Gasteiger partial charge in [-0.15, -0.1) is 0 Å². The topological polar surface area (TPSA) is 22.0 Å². The highest BCUT2D eigenvalue weighted by molar-refractivity contribution is 6.16. The molecule has 3 aromatic rings. The molecule has 2 aromatic carbocycles. The van der Waals surface area contributed by atoms with E-state index < -0.39 is 0 Å². The molecule has 0 aliphatic heterocycles. The number of aromatic nitrogens is 1. The molecule has 130 valence electrons. The maximum Gasteiger partial charge on any atom is 0.195 e. The van der Waals surface area contributed by atoms with E-state index in [-0.39, 0.29) is 5.78 Å². The highest BCUT2D eigenvalue weighted by Gasteiger charge is 2.16. The summed E-state index contributed by atoms with van der Waals surface area (Å²) in [5.74, 6) is 0.115. The zero-order chi connectivity index (χ0) is 17.6. The van der Waals surface area contributed by atoms with Gasteiger partial charge in [0.2, 0.25) is 0 Å². The lowest BCUT2D eigenvalue weighted by Gasteiger charge is -2.05. The van der Waals surface area contributed by atoms with Gasteiger partial charge in [0.15, 0.2) is 5.78 Å². The third-order valence-corrected chi connectivity index (χ3v) is 4.82. The van der Waals surface area contributed by atoms with Crippen LogP contribution < -0.4 is 0 Å². The second-order valence-electron chi connectivity index (χ2n) is 6.87. The minimum absolute atomic E-state index is 0.115. The van der Waals surface area contributed by atoms with Crippen molar-refractivity contribution in [1.82, 2.24) is 4.57 Å². The minimum Gasteiger partial charge on any atom is -0.347 e. The van der Waals surface area contributed by atoms with Crippen molar-refractivity contribution < 1.29 is 4.79 Å². The first-order valence-corrected chi connectivity index (χ1v) is 9.40. The smallest absolute Gasteiger partial charge is 0.195 e. The second kappa shape index (κ2) is 8.15. The Labute approximate surface area is 150 Å². The van der Waals surface area contributed by atoms with E-state index in [1.807, 2.05) is 37.3 Å². The van der Waals surface area contributed by atoms with Crippen molar-refractivity contribution in [2.45, 2.75) is 52.5 Å². The molecule has 2 heteroatoms. The third-order valence-electron chi connectivity index (χ3n) is 4.82. The molecule has 0 spiro atoms. The van der Waals surface area contributed by atoms with Crippen LogP contribution in [0, 0.1) is 6.92 Å². The molecule has 0 amide bonds. The lowest BCUT2D eigenvalue weighted by Crippen LogP contribution is -2.01. The molecule has 1 heterocycles. The van der Waals surface area contributed by atoms with Crippen molar-refractivity contribution in [1.29, 1.82) is 0 Å². The SMILES string of the molecule is CCCCCCCn1cc(C(=O)c2cccc(C)c2)c2ccccc21. The molecule has 0 saturated heterocycles. The molecule has 3 rings (SSSR count). The Balaban J connectivity index is 1.87. The van der Waals surface area contributed by atoms with Gasteiger partial charge < -0.3 is 4.57 Å². The number of nitrogens with zero attached hydrogens (tertiary/aromatic N) is 1. The molecule has 0 bridgehead atoms. The van der Waals surface area contributed by atoms with E-state index in [0.29, 0.717) is 0 Å². The largest absolute Gasteiger partial charge is 0.347 e. The van der Waals surface area contributed by atoms with Crippen LogP contribution in [-0.4, -0.2) is 10.4 Å². The van der Waals surface area contributed by atoms with Gasteiger partial charge in [0.1, 0.15) is 0 Å². The van der Waals surface area contributed by atoms with Gasteiger partial charge in [-0.05, 0) is 25.5 Å². The first-order valence-electron chi connectivity index (χ1n) is 9.40. The van der Waals surface area contributed by atoms with E-state index in [2.05, 4.69) is 35.9 Å². The number of para-hydroxylation sites is 1. The molecule has 0 radical (unpaired) electrons. The van der Waals surface area contributed by atoms with Crippen LogP contribution in [0.3, 0.4) is 0 Å². The Bertz CT molecular complexity index is 859. The summed E-state index contributed by atoms with van der Waals surface area (Å²) in [4.78, 5) is 13.0. The molecule has 0 saturated carbocycles. The normalized spacial score (nSPS) is 11.1. The summed E-state index contributed by atoms with van der Waals surface area (Å²) in [5.41, 5.74) is 3.86. The first-order chi connectivity index (χ1) is 12.2. The molecule has 0 N–H and O–H groups in total. The Morgan fingerprint density at radius 2 is 1.76 bits per heavy atom. The van der Waals surface area contributed by atoms with Crippen LogP contribution in [0.2, 0.25) is 0 Å². The third kappa shape index (κ3) is 4.01. The van der Waals surface area contributed by atoms with E-state index in [1.54, 1.807) is 0 Å². The summed E-state index contributed by atoms with van der Waals surface area (Å²) in [6.45, 7) is 5.24. The van der Waals surface area contributed by atoms with E-state index in [0.717, 1.165) is 40.6 Å². The van der Waals surface area contributed by atoms with Gasteiger partial charge in [0.05, 0.1) is 0 Å². The lowest BCUT2D eigenvalue weighted by atomic mass is 10.0. The first kappa shape index (κ1) is 17.5. The van der Waals surface area contributed by atoms with Gasteiger partial charge >= 0.3 is 0 Å². The van der Waals surface area contributed by atoms with Gasteiger partial charge in [-0.25, -0.2) is 0 Å². The molecular formula is C23H27NO. The summed E-state index contributed by atoms with van der Waals surface area (Å²) in [6.07, 6.45) is 8.34. The predicted octanol–water partition coefficient (Wildman–Crippen LogP) is 6.15. The van der Waals surface area contributed by atoms with Crippen molar-refractivity contribution in [3.8, 4) is 0 Å². The maximum absolute atomic E-state index is 13.0. The zero-order valence-electron chi connectivity index (χ0n) is 15.3. The van der Waals surface area contributed by atoms with Crippen LogP contribution >= 0.6 is 0 Å². The van der Waals surface area contributed by atoms with Crippen molar-refractivity contribution in [3.63, 3.8) is 0 Å². The number of rotatable bonds is 8. The van der Waals surface area contributed by atoms with Gasteiger partial charge in [-0.3, -0.25) is 4.79 Å². The quantitative estimate of drug-likeness (QED) is 0.358. The molecule has 1 aromatic heterocycles. The summed E-state index contributed by atoms with van der Waals surface area (Å²) in [6, 6.07) is 16.1. The van der Waals surface area contributed by atoms with Crippen LogP contribution in [0.25, 0.3) is 10.9 Å². The van der Waals surface area contributed by atoms with E-state index in [9.17, 15) is 4.79 Å². The number of unbranched alkanes of at least 4 members (excludes halogenated alkanes) is 4. The zero-order valence-corrected chi connectivity index (χ0v) is 15.3. The number of benzene rings is 2. The number of carbonyl (C=O) groups is 1. The average Bonchev–Trinajstić information content (AvgIpc) is 3.00. The summed E-state index contributed by atoms with van der Waals surface area (Å²) in [5, 5.41) is 1.06. The summed E-state index contributed by atoms with van der Waals surface area (Å²) >= 11 is 0. The molecule has 0 aliphatic carbocycles. The molecule has 0 atom stereocenters. The lowest BCUT2D eigenvalue weighted by molar-refractivity contribution is 0.104. The molecule has 0 fully saturated rings. The molecule has 0 unspecified atom stereocenters.